The molecule has 0 spiro atoms. The second-order valence-electron chi connectivity index (χ2n) is 4.26. The van der Waals surface area contributed by atoms with Gasteiger partial charge in [-0.15, -0.1) is 0 Å². The zero-order valence-corrected chi connectivity index (χ0v) is 12.7. The van der Waals surface area contributed by atoms with E-state index in [4.69, 9.17) is 38.4 Å². The molecule has 1 unspecified atom stereocenters. The third kappa shape index (κ3) is 3.01. The van der Waals surface area contributed by atoms with Crippen molar-refractivity contribution >= 4 is 23.2 Å². The van der Waals surface area contributed by atoms with E-state index in [0.717, 1.165) is 11.1 Å². The monoisotopic (exact) mass is 311 g/mol. The Balaban J connectivity index is 2.42. The second-order valence-corrected chi connectivity index (χ2v) is 5.10. The largest absolute Gasteiger partial charge is 0.493 e. The molecule has 5 heteroatoms. The number of rotatable bonds is 4. The van der Waals surface area contributed by atoms with Gasteiger partial charge in [-0.05, 0) is 41.5 Å². The molecule has 1 atom stereocenters. The highest BCUT2D eigenvalue weighted by Crippen LogP contribution is 2.34. The molecule has 2 aromatic carbocycles. The molecule has 0 fully saturated rings. The Hall–Kier alpha value is -1.42. The Morgan fingerprint density at radius 2 is 1.65 bits per heavy atom. The predicted octanol–water partition coefficient (Wildman–Crippen LogP) is 4.06. The van der Waals surface area contributed by atoms with Crippen molar-refractivity contribution in [2.24, 2.45) is 5.73 Å². The van der Waals surface area contributed by atoms with Gasteiger partial charge in [0.05, 0.1) is 20.3 Å². The third-order valence-electron chi connectivity index (χ3n) is 3.06. The zero-order chi connectivity index (χ0) is 14.7. The lowest BCUT2D eigenvalue weighted by molar-refractivity contribution is 0.354. The summed E-state index contributed by atoms with van der Waals surface area (Å²) in [6.07, 6.45) is 0. The molecule has 0 saturated heterocycles. The van der Waals surface area contributed by atoms with Crippen LogP contribution in [0.25, 0.3) is 0 Å². The molecule has 0 bridgehead atoms. The molecule has 0 aromatic heterocycles. The molecule has 0 aliphatic carbocycles. The molecule has 0 radical (unpaired) electrons. The molecule has 0 heterocycles. The summed E-state index contributed by atoms with van der Waals surface area (Å²) in [6.45, 7) is 0. The van der Waals surface area contributed by atoms with Crippen molar-refractivity contribution < 1.29 is 9.47 Å². The van der Waals surface area contributed by atoms with E-state index in [1.54, 1.807) is 32.4 Å². The minimum absolute atomic E-state index is 0.388. The van der Waals surface area contributed by atoms with Crippen molar-refractivity contribution in [3.05, 3.63) is 57.6 Å². The van der Waals surface area contributed by atoms with Crippen molar-refractivity contribution in [1.29, 1.82) is 0 Å². The third-order valence-corrected chi connectivity index (χ3v) is 3.64. The van der Waals surface area contributed by atoms with Gasteiger partial charge in [-0.25, -0.2) is 0 Å². The van der Waals surface area contributed by atoms with E-state index in [-0.39, 0.29) is 6.04 Å². The molecule has 106 valence electrons. The molecule has 20 heavy (non-hydrogen) atoms. The van der Waals surface area contributed by atoms with Gasteiger partial charge in [0.1, 0.15) is 0 Å². The van der Waals surface area contributed by atoms with Gasteiger partial charge in [0.2, 0.25) is 0 Å². The highest BCUT2D eigenvalue weighted by molar-refractivity contribution is 6.33. The summed E-state index contributed by atoms with van der Waals surface area (Å²) >= 11 is 12.2. The standard InChI is InChI=1S/C15H15Cl2NO2/c1-19-13-6-3-9(7-14(13)20-2)15(18)11-8-10(16)4-5-12(11)17/h3-8,15H,18H2,1-2H3. The van der Waals surface area contributed by atoms with Crippen LogP contribution in [0, 0.1) is 0 Å². The molecule has 2 rings (SSSR count). The smallest absolute Gasteiger partial charge is 0.161 e. The maximum atomic E-state index is 6.26. The van der Waals surface area contributed by atoms with E-state index >= 15 is 0 Å². The zero-order valence-electron chi connectivity index (χ0n) is 11.2. The molecular weight excluding hydrogens is 297 g/mol. The number of hydrogen-bond donors (Lipinski definition) is 1. The summed E-state index contributed by atoms with van der Waals surface area (Å²) in [6, 6.07) is 10.4. The normalized spacial score (nSPS) is 12.1. The number of methoxy groups -OCH3 is 2. The van der Waals surface area contributed by atoms with Crippen molar-refractivity contribution in [2.75, 3.05) is 14.2 Å². The number of benzene rings is 2. The highest BCUT2D eigenvalue weighted by atomic mass is 35.5. The van der Waals surface area contributed by atoms with E-state index < -0.39 is 0 Å². The minimum Gasteiger partial charge on any atom is -0.493 e. The first-order valence-electron chi connectivity index (χ1n) is 5.99. The van der Waals surface area contributed by atoms with Gasteiger partial charge in [-0.1, -0.05) is 29.3 Å². The number of ether oxygens (including phenoxy) is 2. The fourth-order valence-corrected chi connectivity index (χ4v) is 2.39. The number of nitrogens with two attached hydrogens (primary N) is 1. The minimum atomic E-state index is -0.388. The lowest BCUT2D eigenvalue weighted by Crippen LogP contribution is -2.12. The molecule has 0 amide bonds. The summed E-state index contributed by atoms with van der Waals surface area (Å²) < 4.78 is 10.5. The molecule has 0 aliphatic heterocycles. The first-order valence-corrected chi connectivity index (χ1v) is 6.75. The van der Waals surface area contributed by atoms with Crippen LogP contribution in [-0.4, -0.2) is 14.2 Å². The lowest BCUT2D eigenvalue weighted by Gasteiger charge is -2.16. The van der Waals surface area contributed by atoms with Crippen LogP contribution in [0.5, 0.6) is 11.5 Å². The lowest BCUT2D eigenvalue weighted by atomic mass is 9.99. The number of hydrogen-bond acceptors (Lipinski definition) is 3. The van der Waals surface area contributed by atoms with Gasteiger partial charge in [-0.2, -0.15) is 0 Å². The van der Waals surface area contributed by atoms with Crippen molar-refractivity contribution in [1.82, 2.24) is 0 Å². The Kier molecular flexibility index (Phi) is 4.76. The van der Waals surface area contributed by atoms with Crippen LogP contribution in [0.2, 0.25) is 10.0 Å². The Labute approximate surface area is 128 Å². The van der Waals surface area contributed by atoms with Crippen LogP contribution >= 0.6 is 23.2 Å². The summed E-state index contributed by atoms with van der Waals surface area (Å²) in [5, 5.41) is 1.18. The SMILES string of the molecule is COc1ccc(C(N)c2cc(Cl)ccc2Cl)cc1OC. The van der Waals surface area contributed by atoms with Crippen LogP contribution in [0.4, 0.5) is 0 Å². The maximum Gasteiger partial charge on any atom is 0.161 e. The van der Waals surface area contributed by atoms with E-state index in [2.05, 4.69) is 0 Å². The summed E-state index contributed by atoms with van der Waals surface area (Å²) in [7, 11) is 3.17. The first kappa shape index (κ1) is 15.0. The van der Waals surface area contributed by atoms with Gasteiger partial charge in [0.15, 0.2) is 11.5 Å². The molecule has 0 saturated carbocycles. The van der Waals surface area contributed by atoms with E-state index in [9.17, 15) is 0 Å². The van der Waals surface area contributed by atoms with E-state index in [0.29, 0.717) is 21.5 Å². The first-order chi connectivity index (χ1) is 9.56. The van der Waals surface area contributed by atoms with Crippen molar-refractivity contribution in [3.63, 3.8) is 0 Å². The fraction of sp³-hybridized carbons (Fsp3) is 0.200. The van der Waals surface area contributed by atoms with Crippen LogP contribution in [0.15, 0.2) is 36.4 Å². The van der Waals surface area contributed by atoms with Gasteiger partial charge in [0, 0.05) is 10.0 Å². The van der Waals surface area contributed by atoms with Gasteiger partial charge in [0.25, 0.3) is 0 Å². The van der Waals surface area contributed by atoms with Gasteiger partial charge < -0.3 is 15.2 Å². The van der Waals surface area contributed by atoms with E-state index in [1.807, 2.05) is 18.2 Å². The summed E-state index contributed by atoms with van der Waals surface area (Å²) in [5.74, 6) is 1.28. The summed E-state index contributed by atoms with van der Waals surface area (Å²) in [5.41, 5.74) is 7.90. The summed E-state index contributed by atoms with van der Waals surface area (Å²) in [4.78, 5) is 0. The average molecular weight is 312 g/mol. The fourth-order valence-electron chi connectivity index (χ4n) is 1.98. The Morgan fingerprint density at radius 1 is 0.950 bits per heavy atom. The van der Waals surface area contributed by atoms with Crippen LogP contribution in [0.3, 0.4) is 0 Å². The Morgan fingerprint density at radius 3 is 2.30 bits per heavy atom. The highest BCUT2D eigenvalue weighted by Gasteiger charge is 2.15. The van der Waals surface area contributed by atoms with Gasteiger partial charge in [-0.3, -0.25) is 0 Å². The van der Waals surface area contributed by atoms with Crippen molar-refractivity contribution in [3.8, 4) is 11.5 Å². The Bertz CT molecular complexity index is 617. The molecular formula is C15H15Cl2NO2. The molecule has 0 aliphatic rings. The average Bonchev–Trinajstić information content (AvgIpc) is 2.48. The second kappa shape index (κ2) is 6.35. The van der Waals surface area contributed by atoms with Crippen LogP contribution in [-0.2, 0) is 0 Å². The van der Waals surface area contributed by atoms with E-state index in [1.165, 1.54) is 0 Å². The molecule has 2 N–H and O–H groups in total. The number of halogens is 2. The quantitative estimate of drug-likeness (QED) is 0.926. The molecule has 2 aromatic rings. The van der Waals surface area contributed by atoms with Crippen LogP contribution in [0.1, 0.15) is 17.2 Å². The molecule has 3 nitrogen and oxygen atoms in total. The van der Waals surface area contributed by atoms with Crippen molar-refractivity contribution in [2.45, 2.75) is 6.04 Å². The van der Waals surface area contributed by atoms with Gasteiger partial charge >= 0.3 is 0 Å². The maximum absolute atomic E-state index is 6.26. The van der Waals surface area contributed by atoms with Crippen LogP contribution < -0.4 is 15.2 Å². The predicted molar refractivity (Wildman–Crippen MR) is 82.0 cm³/mol. The topological polar surface area (TPSA) is 44.5 Å².